The Labute approximate surface area is 215 Å². The van der Waals surface area contributed by atoms with Gasteiger partial charge in [0.15, 0.2) is 28.8 Å². The molecule has 11 nitrogen and oxygen atoms in total. The summed E-state index contributed by atoms with van der Waals surface area (Å²) in [5.41, 5.74) is 6.19. The van der Waals surface area contributed by atoms with Crippen LogP contribution in [0.15, 0.2) is 60.3 Å². The van der Waals surface area contributed by atoms with Crippen molar-refractivity contribution >= 4 is 41.9 Å². The van der Waals surface area contributed by atoms with E-state index in [2.05, 4.69) is 38.5 Å². The first-order chi connectivity index (χ1) is 17.7. The lowest BCUT2D eigenvalue weighted by atomic mass is 10.1. The summed E-state index contributed by atoms with van der Waals surface area (Å²) in [7, 11) is -4.33. The van der Waals surface area contributed by atoms with Crippen molar-refractivity contribution in [3.63, 3.8) is 0 Å². The third-order valence-corrected chi connectivity index (χ3v) is 7.43. The molecule has 190 valence electrons. The molecule has 1 aliphatic heterocycles. The van der Waals surface area contributed by atoms with Crippen LogP contribution in [-0.4, -0.2) is 51.8 Å². The molecule has 2 atom stereocenters. The fourth-order valence-electron chi connectivity index (χ4n) is 4.72. The van der Waals surface area contributed by atoms with E-state index in [0.717, 1.165) is 17.7 Å². The lowest BCUT2D eigenvalue weighted by Crippen LogP contribution is -2.22. The number of hydrogen-bond acceptors (Lipinski definition) is 8. The zero-order chi connectivity index (χ0) is 25.9. The highest BCUT2D eigenvalue weighted by atomic mass is 35.5. The molecule has 37 heavy (non-hydrogen) atoms. The number of nitrogens with one attached hydrogen (secondary N) is 1. The third kappa shape index (κ3) is 4.35. The third-order valence-electron chi connectivity index (χ3n) is 6.46. The predicted octanol–water partition coefficient (Wildman–Crippen LogP) is 4.02. The molecule has 0 spiro atoms. The van der Waals surface area contributed by atoms with Crippen LogP contribution in [0.4, 0.5) is 11.5 Å². The van der Waals surface area contributed by atoms with E-state index in [9.17, 15) is 14.8 Å². The van der Waals surface area contributed by atoms with Gasteiger partial charge in [-0.1, -0.05) is 30.3 Å². The van der Waals surface area contributed by atoms with Crippen molar-refractivity contribution in [2.75, 3.05) is 11.5 Å². The van der Waals surface area contributed by atoms with E-state index in [1.54, 1.807) is 0 Å². The average molecular weight is 542 g/mol. The van der Waals surface area contributed by atoms with Crippen LogP contribution >= 0.6 is 19.2 Å². The van der Waals surface area contributed by atoms with Gasteiger partial charge in [-0.15, -0.1) is 0 Å². The number of allylic oxidation sites excluding steroid dienone is 1. The molecule has 1 unspecified atom stereocenters. The summed E-state index contributed by atoms with van der Waals surface area (Å²) in [5, 5.41) is 24.0. The zero-order valence-electron chi connectivity index (χ0n) is 19.1. The van der Waals surface area contributed by atoms with Crippen LogP contribution in [-0.2, 0) is 15.7 Å². The number of anilines is 2. The molecule has 0 amide bonds. The maximum atomic E-state index is 11.2. The van der Waals surface area contributed by atoms with E-state index in [0.29, 0.717) is 11.3 Å². The molecular weight excluding hydrogens is 521 g/mol. The summed E-state index contributed by atoms with van der Waals surface area (Å²) in [6, 6.07) is 14.3. The Morgan fingerprint density at radius 2 is 1.92 bits per heavy atom. The predicted molar refractivity (Wildman–Crippen MR) is 136 cm³/mol. The summed E-state index contributed by atoms with van der Waals surface area (Å²) in [6.45, 7) is 0. The molecule has 3 heterocycles. The Balaban J connectivity index is 1.31. The highest BCUT2D eigenvalue weighted by Crippen LogP contribution is 2.41. The number of halogens is 1. The van der Waals surface area contributed by atoms with E-state index in [1.807, 2.05) is 24.3 Å². The van der Waals surface area contributed by atoms with Crippen LogP contribution in [0, 0.1) is 0 Å². The van der Waals surface area contributed by atoms with Crippen molar-refractivity contribution in [3.8, 4) is 11.1 Å². The molecule has 2 aromatic heterocycles. The molecular formula is C24H21ClN5O6P. The van der Waals surface area contributed by atoms with Crippen molar-refractivity contribution in [1.29, 1.82) is 0 Å². The Kier molecular flexibility index (Phi) is 5.70. The number of aliphatic hydroxyl groups is 2. The largest absolute Gasteiger partial charge is 0.506 e. The Morgan fingerprint density at radius 1 is 1.14 bits per heavy atom. The minimum Gasteiger partial charge on any atom is -0.506 e. The number of hydrogen-bond donors (Lipinski definition) is 5. The first kappa shape index (κ1) is 23.9. The topological polar surface area (TPSA) is 163 Å². The van der Waals surface area contributed by atoms with Crippen molar-refractivity contribution in [1.82, 2.24) is 19.5 Å². The van der Waals surface area contributed by atoms with Gasteiger partial charge < -0.3 is 30.1 Å². The van der Waals surface area contributed by atoms with E-state index in [4.69, 9.17) is 26.1 Å². The number of imidazole rings is 1. The van der Waals surface area contributed by atoms with Gasteiger partial charge >= 0.3 is 7.60 Å². The van der Waals surface area contributed by atoms with Crippen molar-refractivity contribution in [2.24, 2.45) is 0 Å². The number of nitrogens with zero attached hydrogens (tertiary/aromatic N) is 4. The number of ether oxygens (including phenoxy) is 1. The van der Waals surface area contributed by atoms with Gasteiger partial charge in [0.2, 0.25) is 11.5 Å². The second-order valence-corrected chi connectivity index (χ2v) is 11.0. The van der Waals surface area contributed by atoms with Gasteiger partial charge in [-0.2, -0.15) is 9.97 Å². The molecule has 0 saturated carbocycles. The van der Waals surface area contributed by atoms with Gasteiger partial charge in [0, 0.05) is 12.1 Å². The maximum absolute atomic E-state index is 11.2. The molecule has 0 radical (unpaired) electrons. The second kappa shape index (κ2) is 8.83. The lowest BCUT2D eigenvalue weighted by molar-refractivity contribution is -0.00734. The first-order valence-electron chi connectivity index (χ1n) is 11.4. The van der Waals surface area contributed by atoms with Crippen molar-refractivity contribution < 1.29 is 29.3 Å². The fourth-order valence-corrected chi connectivity index (χ4v) is 5.37. The van der Waals surface area contributed by atoms with Gasteiger partial charge in [0.1, 0.15) is 12.1 Å². The number of aromatic nitrogens is 4. The number of benzene rings is 2. The van der Waals surface area contributed by atoms with Crippen LogP contribution in [0.3, 0.4) is 0 Å². The summed E-state index contributed by atoms with van der Waals surface area (Å²) in [6.07, 6.45) is -1.20. The standard InChI is InChI=1S/C24H21ClN5O6P/c25-24-28-21(27-14-6-5-13-9-12-3-1-2-4-15(12)16(13)10-14)18-22(29-24)30(11-26-18)23-20(32)19(31)17(36-23)7-8-37(33,34)35/h1-6,10-11,20,23,31-32H,7-9H2,(H,27,28,29)(H2,33,34,35)/t20?,23-/m1/s1. The highest BCUT2D eigenvalue weighted by Gasteiger charge is 2.38. The monoisotopic (exact) mass is 541 g/mol. The van der Waals surface area contributed by atoms with Gasteiger partial charge in [0.05, 0.1) is 6.16 Å². The van der Waals surface area contributed by atoms with E-state index in [-0.39, 0.29) is 23.1 Å². The lowest BCUT2D eigenvalue weighted by Gasteiger charge is -2.17. The smallest absolute Gasteiger partial charge is 0.326 e. The minimum absolute atomic E-state index is 0.0744. The average Bonchev–Trinajstić information content (AvgIpc) is 3.51. The normalized spacial score (nSPS) is 18.7. The van der Waals surface area contributed by atoms with E-state index < -0.39 is 31.8 Å². The first-order valence-corrected chi connectivity index (χ1v) is 13.5. The molecule has 13 heteroatoms. The Bertz CT molecular complexity index is 1630. The maximum Gasteiger partial charge on any atom is 0.326 e. The summed E-state index contributed by atoms with van der Waals surface area (Å²) < 4.78 is 18.3. The summed E-state index contributed by atoms with van der Waals surface area (Å²) in [5.74, 6) is -0.275. The van der Waals surface area contributed by atoms with Crippen LogP contribution in [0.1, 0.15) is 23.8 Å². The molecule has 0 fully saturated rings. The quantitative estimate of drug-likeness (QED) is 0.157. The van der Waals surface area contributed by atoms with Crippen LogP contribution < -0.4 is 5.32 Å². The zero-order valence-corrected chi connectivity index (χ0v) is 20.8. The van der Waals surface area contributed by atoms with E-state index >= 15 is 0 Å². The number of rotatable bonds is 6. The Morgan fingerprint density at radius 3 is 2.73 bits per heavy atom. The SMILES string of the molecule is O=P(O)(O)CCC1=C(O)C(O)[C@H](n2cnc3c(Nc4ccc5c(c4)-c4ccccc4C5)nc(Cl)nc32)O1. The minimum atomic E-state index is -4.33. The van der Waals surface area contributed by atoms with Gasteiger partial charge in [0.25, 0.3) is 0 Å². The highest BCUT2D eigenvalue weighted by molar-refractivity contribution is 7.51. The molecule has 2 aliphatic rings. The molecule has 6 rings (SSSR count). The molecule has 4 aromatic rings. The summed E-state index contributed by atoms with van der Waals surface area (Å²) >= 11 is 6.23. The van der Waals surface area contributed by atoms with Crippen molar-refractivity contribution in [2.45, 2.75) is 25.2 Å². The van der Waals surface area contributed by atoms with Crippen LogP contribution in [0.25, 0.3) is 22.3 Å². The van der Waals surface area contributed by atoms with E-state index in [1.165, 1.54) is 27.6 Å². The molecule has 1 aliphatic carbocycles. The molecule has 0 saturated heterocycles. The van der Waals surface area contributed by atoms with Crippen LogP contribution in [0.5, 0.6) is 0 Å². The number of aliphatic hydroxyl groups excluding tert-OH is 2. The number of fused-ring (bicyclic) bond motifs is 4. The second-order valence-electron chi connectivity index (χ2n) is 8.90. The van der Waals surface area contributed by atoms with Gasteiger partial charge in [-0.25, -0.2) is 4.98 Å². The Hall–Kier alpha value is -3.47. The molecule has 0 bridgehead atoms. The molecule has 5 N–H and O–H groups in total. The summed E-state index contributed by atoms with van der Waals surface area (Å²) in [4.78, 5) is 31.2. The fraction of sp³-hybridized carbons (Fsp3) is 0.208. The van der Waals surface area contributed by atoms with Crippen LogP contribution in [0.2, 0.25) is 5.28 Å². The molecule has 2 aromatic carbocycles. The van der Waals surface area contributed by atoms with Gasteiger partial charge in [-0.05, 0) is 52.4 Å². The van der Waals surface area contributed by atoms with Gasteiger partial charge in [-0.3, -0.25) is 9.13 Å². The van der Waals surface area contributed by atoms with Crippen molar-refractivity contribution in [3.05, 3.63) is 76.7 Å².